The number of imidazole rings is 1. The van der Waals surface area contributed by atoms with Crippen molar-refractivity contribution in [3.05, 3.63) is 35.8 Å². The lowest BCUT2D eigenvalue weighted by atomic mass is 10.2. The van der Waals surface area contributed by atoms with Gasteiger partial charge in [-0.15, -0.1) is 0 Å². The van der Waals surface area contributed by atoms with E-state index in [2.05, 4.69) is 14.7 Å². The Bertz CT molecular complexity index is 782. The molecule has 0 unspecified atom stereocenters. The van der Waals surface area contributed by atoms with Gasteiger partial charge in [-0.25, -0.2) is 4.98 Å². The summed E-state index contributed by atoms with van der Waals surface area (Å²) in [4.78, 5) is 6.50. The summed E-state index contributed by atoms with van der Waals surface area (Å²) in [5.41, 5.74) is 6.07. The summed E-state index contributed by atoms with van der Waals surface area (Å²) in [6, 6.07) is 4.50. The summed E-state index contributed by atoms with van der Waals surface area (Å²) >= 11 is 0. The van der Waals surface area contributed by atoms with E-state index in [9.17, 15) is 8.42 Å². The Labute approximate surface area is 121 Å². The van der Waals surface area contributed by atoms with Gasteiger partial charge in [0.15, 0.2) is 5.03 Å². The third-order valence-electron chi connectivity index (χ3n) is 2.73. The molecule has 2 rings (SSSR count). The molecule has 0 saturated carbocycles. The molecule has 0 spiro atoms. The van der Waals surface area contributed by atoms with Crippen molar-refractivity contribution < 1.29 is 13.2 Å². The summed E-state index contributed by atoms with van der Waals surface area (Å²) in [5.74, 6) is 0.628. The van der Waals surface area contributed by atoms with Gasteiger partial charge in [-0.05, 0) is 25.1 Å². The van der Waals surface area contributed by atoms with Crippen LogP contribution in [0.25, 0.3) is 0 Å². The van der Waals surface area contributed by atoms with Crippen LogP contribution in [0.5, 0.6) is 5.75 Å². The Hall–Kier alpha value is -2.55. The van der Waals surface area contributed by atoms with Crippen LogP contribution in [-0.4, -0.2) is 31.3 Å². The molecule has 0 aliphatic heterocycles. The summed E-state index contributed by atoms with van der Waals surface area (Å²) in [6.07, 6.45) is 1.23. The Kier molecular flexibility index (Phi) is 3.85. The van der Waals surface area contributed by atoms with Gasteiger partial charge in [-0.3, -0.25) is 10.1 Å². The molecule has 1 aromatic heterocycles. The van der Waals surface area contributed by atoms with E-state index in [1.165, 1.54) is 31.5 Å². The molecule has 0 aliphatic rings. The van der Waals surface area contributed by atoms with Gasteiger partial charge in [0.25, 0.3) is 10.0 Å². The number of hydrogen-bond donors (Lipinski definition) is 4. The number of benzene rings is 1. The highest BCUT2D eigenvalue weighted by molar-refractivity contribution is 7.92. The number of amidine groups is 1. The van der Waals surface area contributed by atoms with E-state index in [-0.39, 0.29) is 22.3 Å². The molecule has 0 atom stereocenters. The number of anilines is 1. The maximum atomic E-state index is 12.2. The third kappa shape index (κ3) is 3.14. The monoisotopic (exact) mass is 309 g/mol. The molecule has 0 amide bonds. The Morgan fingerprint density at radius 2 is 2.19 bits per heavy atom. The standard InChI is InChI=1S/C12H15N5O3S/c1-7-15-6-11(16-7)21(18,19)17-9-4-3-8(12(13)14)5-10(9)20-2/h3-6,17H,1-2H3,(H3,13,14)(H,15,16). The van der Waals surface area contributed by atoms with Gasteiger partial charge in [0.05, 0.1) is 19.0 Å². The Balaban J connectivity index is 2.37. The molecule has 112 valence electrons. The zero-order valence-electron chi connectivity index (χ0n) is 11.5. The van der Waals surface area contributed by atoms with Crippen molar-refractivity contribution in [1.29, 1.82) is 5.41 Å². The highest BCUT2D eigenvalue weighted by Gasteiger charge is 2.19. The second kappa shape index (κ2) is 5.44. The molecular formula is C12H15N5O3S. The van der Waals surface area contributed by atoms with Crippen molar-refractivity contribution in [1.82, 2.24) is 9.97 Å². The fraction of sp³-hybridized carbons (Fsp3) is 0.167. The van der Waals surface area contributed by atoms with Gasteiger partial charge in [-0.1, -0.05) is 0 Å². The summed E-state index contributed by atoms with van der Waals surface area (Å²) < 4.78 is 31.9. The molecule has 0 bridgehead atoms. The predicted molar refractivity (Wildman–Crippen MR) is 78.1 cm³/mol. The number of nitrogens with zero attached hydrogens (tertiary/aromatic N) is 1. The number of H-pyrrole nitrogens is 1. The van der Waals surface area contributed by atoms with Crippen molar-refractivity contribution in [2.75, 3.05) is 11.8 Å². The lowest BCUT2D eigenvalue weighted by Gasteiger charge is -2.12. The van der Waals surface area contributed by atoms with E-state index in [0.29, 0.717) is 11.4 Å². The highest BCUT2D eigenvalue weighted by Crippen LogP contribution is 2.27. The van der Waals surface area contributed by atoms with E-state index in [1.54, 1.807) is 6.92 Å². The number of hydrogen-bond acceptors (Lipinski definition) is 5. The first-order valence-corrected chi connectivity index (χ1v) is 7.38. The number of aromatic nitrogens is 2. The number of nitrogen functional groups attached to an aromatic ring is 1. The molecule has 9 heteroatoms. The van der Waals surface area contributed by atoms with E-state index in [1.807, 2.05) is 0 Å². The first-order valence-electron chi connectivity index (χ1n) is 5.90. The maximum absolute atomic E-state index is 12.2. The molecule has 5 N–H and O–H groups in total. The fourth-order valence-electron chi connectivity index (χ4n) is 1.68. The van der Waals surface area contributed by atoms with Crippen molar-refractivity contribution in [2.24, 2.45) is 5.73 Å². The second-order valence-electron chi connectivity index (χ2n) is 4.27. The van der Waals surface area contributed by atoms with E-state index in [4.69, 9.17) is 15.9 Å². The number of methoxy groups -OCH3 is 1. The number of sulfonamides is 1. The quantitative estimate of drug-likeness (QED) is 0.479. The van der Waals surface area contributed by atoms with E-state index >= 15 is 0 Å². The average molecular weight is 309 g/mol. The molecular weight excluding hydrogens is 294 g/mol. The Morgan fingerprint density at radius 3 is 2.71 bits per heavy atom. The van der Waals surface area contributed by atoms with Gasteiger partial charge in [0, 0.05) is 5.56 Å². The smallest absolute Gasteiger partial charge is 0.279 e. The van der Waals surface area contributed by atoms with Gasteiger partial charge >= 0.3 is 0 Å². The highest BCUT2D eigenvalue weighted by atomic mass is 32.2. The largest absolute Gasteiger partial charge is 0.495 e. The lowest BCUT2D eigenvalue weighted by molar-refractivity contribution is 0.417. The number of ether oxygens (including phenoxy) is 1. The van der Waals surface area contributed by atoms with E-state index < -0.39 is 10.0 Å². The van der Waals surface area contributed by atoms with Crippen LogP contribution in [0.1, 0.15) is 11.4 Å². The molecule has 1 aromatic carbocycles. The number of nitrogens with two attached hydrogens (primary N) is 1. The van der Waals surface area contributed by atoms with Crippen molar-refractivity contribution in [3.63, 3.8) is 0 Å². The first kappa shape index (κ1) is 14.9. The van der Waals surface area contributed by atoms with Crippen LogP contribution >= 0.6 is 0 Å². The first-order chi connectivity index (χ1) is 9.83. The van der Waals surface area contributed by atoms with Crippen molar-refractivity contribution in [2.45, 2.75) is 11.9 Å². The van der Waals surface area contributed by atoms with Gasteiger partial charge in [0.1, 0.15) is 17.4 Å². The topological polar surface area (TPSA) is 134 Å². The summed E-state index contributed by atoms with van der Waals surface area (Å²) in [7, 11) is -2.39. The van der Waals surface area contributed by atoms with Crippen LogP contribution in [0.3, 0.4) is 0 Å². The lowest BCUT2D eigenvalue weighted by Crippen LogP contribution is -2.15. The molecule has 0 fully saturated rings. The molecule has 0 saturated heterocycles. The number of aryl methyl sites for hydroxylation is 1. The minimum Gasteiger partial charge on any atom is -0.495 e. The fourth-order valence-corrected chi connectivity index (χ4v) is 2.72. The van der Waals surface area contributed by atoms with Crippen LogP contribution in [0.4, 0.5) is 5.69 Å². The van der Waals surface area contributed by atoms with Crippen molar-refractivity contribution >= 4 is 21.5 Å². The number of aromatic amines is 1. The Morgan fingerprint density at radius 1 is 1.48 bits per heavy atom. The maximum Gasteiger partial charge on any atom is 0.279 e. The second-order valence-corrected chi connectivity index (χ2v) is 5.92. The summed E-state index contributed by atoms with van der Waals surface area (Å²) in [6.45, 7) is 1.65. The normalized spacial score (nSPS) is 11.1. The van der Waals surface area contributed by atoms with Crippen LogP contribution in [0.15, 0.2) is 29.4 Å². The average Bonchev–Trinajstić information content (AvgIpc) is 2.86. The molecule has 21 heavy (non-hydrogen) atoms. The van der Waals surface area contributed by atoms with Gasteiger partial charge in [0.2, 0.25) is 0 Å². The molecule has 1 heterocycles. The zero-order chi connectivity index (χ0) is 15.6. The molecule has 2 aromatic rings. The van der Waals surface area contributed by atoms with Crippen LogP contribution in [0.2, 0.25) is 0 Å². The van der Waals surface area contributed by atoms with Crippen LogP contribution < -0.4 is 15.2 Å². The van der Waals surface area contributed by atoms with Gasteiger partial charge < -0.3 is 15.5 Å². The predicted octanol–water partition coefficient (Wildman–Crippen LogP) is 0.812. The van der Waals surface area contributed by atoms with Crippen LogP contribution in [-0.2, 0) is 10.0 Å². The molecule has 8 nitrogen and oxygen atoms in total. The van der Waals surface area contributed by atoms with Crippen LogP contribution in [0, 0.1) is 12.3 Å². The third-order valence-corrected chi connectivity index (χ3v) is 4.00. The zero-order valence-corrected chi connectivity index (χ0v) is 12.3. The minimum atomic E-state index is -3.79. The number of rotatable bonds is 5. The minimum absolute atomic E-state index is 0.0438. The van der Waals surface area contributed by atoms with Gasteiger partial charge in [-0.2, -0.15) is 8.42 Å². The van der Waals surface area contributed by atoms with Crippen molar-refractivity contribution in [3.8, 4) is 5.75 Å². The SMILES string of the molecule is COc1cc(C(=N)N)ccc1NS(=O)(=O)c1cnc(C)[nH]1. The van der Waals surface area contributed by atoms with E-state index in [0.717, 1.165) is 0 Å². The molecule has 0 aliphatic carbocycles. The number of nitrogens with one attached hydrogen (secondary N) is 3. The molecule has 0 radical (unpaired) electrons. The summed E-state index contributed by atoms with van der Waals surface area (Å²) in [5, 5.41) is 7.32.